The maximum absolute atomic E-state index is 13.0. The molecule has 4 rings (SSSR count). The number of carbonyl (C=O) groups excluding carboxylic acids is 2. The van der Waals surface area contributed by atoms with Gasteiger partial charge in [-0.1, -0.05) is 0 Å². The molecule has 132 valence electrons. The number of amides is 2. The third kappa shape index (κ3) is 3.31. The van der Waals surface area contributed by atoms with Crippen molar-refractivity contribution in [3.8, 4) is 0 Å². The number of rotatable bonds is 5. The van der Waals surface area contributed by atoms with E-state index in [0.29, 0.717) is 19.5 Å². The first-order chi connectivity index (χ1) is 12.2. The molecule has 0 bridgehead atoms. The van der Waals surface area contributed by atoms with Gasteiger partial charge >= 0.3 is 0 Å². The van der Waals surface area contributed by atoms with Crippen molar-refractivity contribution in [2.45, 2.75) is 38.4 Å². The fraction of sp³-hybridized carbons (Fsp3) is 0.500. The maximum Gasteiger partial charge on any atom is 0.228 e. The van der Waals surface area contributed by atoms with Gasteiger partial charge in [-0.2, -0.15) is 5.10 Å². The van der Waals surface area contributed by atoms with Crippen LogP contribution in [0.2, 0.25) is 0 Å². The van der Waals surface area contributed by atoms with Gasteiger partial charge < -0.3 is 14.2 Å². The summed E-state index contributed by atoms with van der Waals surface area (Å²) < 4.78 is 7.19. The molecule has 0 saturated carbocycles. The van der Waals surface area contributed by atoms with Crippen molar-refractivity contribution in [1.29, 1.82) is 0 Å². The molecule has 25 heavy (non-hydrogen) atoms. The van der Waals surface area contributed by atoms with Crippen LogP contribution in [-0.4, -0.2) is 50.5 Å². The molecule has 0 unspecified atom stereocenters. The molecule has 2 fully saturated rings. The van der Waals surface area contributed by atoms with Crippen LogP contribution in [0.1, 0.15) is 25.0 Å². The van der Waals surface area contributed by atoms with E-state index in [1.165, 1.54) is 0 Å². The zero-order chi connectivity index (χ0) is 17.2. The Morgan fingerprint density at radius 2 is 2.28 bits per heavy atom. The van der Waals surface area contributed by atoms with Crippen LogP contribution in [0.5, 0.6) is 0 Å². The molecule has 2 aliphatic heterocycles. The van der Waals surface area contributed by atoms with Gasteiger partial charge in [0.1, 0.15) is 5.76 Å². The van der Waals surface area contributed by atoms with Gasteiger partial charge in [0, 0.05) is 31.9 Å². The Hall–Kier alpha value is -2.57. The molecule has 0 radical (unpaired) electrons. The summed E-state index contributed by atoms with van der Waals surface area (Å²) in [6.07, 6.45) is 7.57. The number of likely N-dealkylation sites (tertiary alicyclic amines) is 2. The summed E-state index contributed by atoms with van der Waals surface area (Å²) in [5.41, 5.74) is 0. The van der Waals surface area contributed by atoms with Crippen molar-refractivity contribution in [2.24, 2.45) is 5.92 Å². The third-order valence-electron chi connectivity index (χ3n) is 5.11. The monoisotopic (exact) mass is 342 g/mol. The van der Waals surface area contributed by atoms with E-state index >= 15 is 0 Å². The lowest BCUT2D eigenvalue weighted by molar-refractivity contribution is -0.136. The highest BCUT2D eigenvalue weighted by Gasteiger charge is 2.40. The van der Waals surface area contributed by atoms with Crippen molar-refractivity contribution < 1.29 is 14.0 Å². The molecule has 2 aromatic heterocycles. The molecule has 2 amide bonds. The molecule has 2 atom stereocenters. The lowest BCUT2D eigenvalue weighted by Crippen LogP contribution is -2.42. The molecule has 2 aromatic rings. The maximum atomic E-state index is 13.0. The second-order valence-electron chi connectivity index (χ2n) is 6.81. The number of aromatic nitrogens is 2. The van der Waals surface area contributed by atoms with Gasteiger partial charge in [0.05, 0.1) is 31.3 Å². The van der Waals surface area contributed by atoms with Gasteiger partial charge in [0.2, 0.25) is 11.8 Å². The van der Waals surface area contributed by atoms with Crippen LogP contribution >= 0.6 is 0 Å². The number of nitrogens with zero attached hydrogens (tertiary/aromatic N) is 4. The fourth-order valence-electron chi connectivity index (χ4n) is 3.86. The Morgan fingerprint density at radius 3 is 3.04 bits per heavy atom. The van der Waals surface area contributed by atoms with E-state index in [1.54, 1.807) is 17.4 Å². The highest BCUT2D eigenvalue weighted by Crippen LogP contribution is 2.27. The first-order valence-corrected chi connectivity index (χ1v) is 8.79. The molecule has 0 aromatic carbocycles. The quantitative estimate of drug-likeness (QED) is 0.826. The number of carbonyl (C=O) groups is 2. The van der Waals surface area contributed by atoms with Crippen LogP contribution in [0.15, 0.2) is 41.3 Å². The predicted octanol–water partition coefficient (Wildman–Crippen LogP) is 1.52. The molecule has 4 heterocycles. The highest BCUT2D eigenvalue weighted by molar-refractivity contribution is 5.89. The van der Waals surface area contributed by atoms with Crippen LogP contribution in [0.4, 0.5) is 0 Å². The summed E-state index contributed by atoms with van der Waals surface area (Å²) in [7, 11) is 0. The van der Waals surface area contributed by atoms with Crippen molar-refractivity contribution in [2.75, 3.05) is 13.1 Å². The minimum absolute atomic E-state index is 0.0255. The molecule has 7 heteroatoms. The molecular formula is C18H22N4O3. The van der Waals surface area contributed by atoms with E-state index in [1.807, 2.05) is 34.0 Å². The standard InChI is InChI=1S/C18H22N4O3/c23-17-10-14(11-20(17)13-16-5-2-9-25-16)18(24)22-8-1-4-15(22)12-21-7-3-6-19-21/h2-3,5-7,9,14-15H,1,4,8,10-13H2/t14-,15-/m0/s1. The Labute approximate surface area is 146 Å². The fourth-order valence-corrected chi connectivity index (χ4v) is 3.86. The Kier molecular flexibility index (Phi) is 4.29. The van der Waals surface area contributed by atoms with Crippen molar-refractivity contribution >= 4 is 11.8 Å². The van der Waals surface area contributed by atoms with E-state index < -0.39 is 0 Å². The van der Waals surface area contributed by atoms with Gasteiger partial charge in [-0.05, 0) is 31.0 Å². The van der Waals surface area contributed by atoms with Gasteiger partial charge in [0.15, 0.2) is 0 Å². The van der Waals surface area contributed by atoms with Crippen LogP contribution in [0, 0.1) is 5.92 Å². The minimum Gasteiger partial charge on any atom is -0.467 e. The van der Waals surface area contributed by atoms with Gasteiger partial charge in [0.25, 0.3) is 0 Å². The predicted molar refractivity (Wildman–Crippen MR) is 89.2 cm³/mol. The van der Waals surface area contributed by atoms with Crippen molar-refractivity contribution in [3.63, 3.8) is 0 Å². The molecular weight excluding hydrogens is 320 g/mol. The minimum atomic E-state index is -0.249. The van der Waals surface area contributed by atoms with Gasteiger partial charge in [-0.15, -0.1) is 0 Å². The topological polar surface area (TPSA) is 71.6 Å². The lowest BCUT2D eigenvalue weighted by atomic mass is 10.1. The molecule has 0 spiro atoms. The first-order valence-electron chi connectivity index (χ1n) is 8.79. The lowest BCUT2D eigenvalue weighted by Gasteiger charge is -2.27. The molecule has 0 aliphatic carbocycles. The summed E-state index contributed by atoms with van der Waals surface area (Å²) >= 11 is 0. The summed E-state index contributed by atoms with van der Waals surface area (Å²) in [5, 5.41) is 4.24. The average Bonchev–Trinajstić information content (AvgIpc) is 3.37. The van der Waals surface area contributed by atoms with Crippen LogP contribution in [0.3, 0.4) is 0 Å². The Balaban J connectivity index is 1.39. The zero-order valence-corrected chi connectivity index (χ0v) is 14.1. The summed E-state index contributed by atoms with van der Waals surface area (Å²) in [6.45, 7) is 2.40. The van der Waals surface area contributed by atoms with Crippen molar-refractivity contribution in [1.82, 2.24) is 19.6 Å². The normalized spacial score (nSPS) is 23.6. The van der Waals surface area contributed by atoms with Crippen LogP contribution in [0.25, 0.3) is 0 Å². The van der Waals surface area contributed by atoms with Crippen LogP contribution < -0.4 is 0 Å². The van der Waals surface area contributed by atoms with E-state index in [9.17, 15) is 9.59 Å². The zero-order valence-electron chi connectivity index (χ0n) is 14.1. The third-order valence-corrected chi connectivity index (χ3v) is 5.11. The molecule has 0 N–H and O–H groups in total. The van der Waals surface area contributed by atoms with E-state index in [4.69, 9.17) is 4.42 Å². The summed E-state index contributed by atoms with van der Waals surface area (Å²) in [4.78, 5) is 28.9. The number of hydrogen-bond acceptors (Lipinski definition) is 4. The molecule has 2 saturated heterocycles. The van der Waals surface area contributed by atoms with Gasteiger partial charge in [-0.3, -0.25) is 14.3 Å². The average molecular weight is 342 g/mol. The van der Waals surface area contributed by atoms with Gasteiger partial charge in [-0.25, -0.2) is 0 Å². The number of hydrogen-bond donors (Lipinski definition) is 0. The number of furan rings is 1. The van der Waals surface area contributed by atoms with Crippen molar-refractivity contribution in [3.05, 3.63) is 42.6 Å². The SMILES string of the molecule is O=C1C[C@H](C(=O)N2CCC[C@H]2Cn2cccn2)CN1Cc1ccco1. The van der Waals surface area contributed by atoms with E-state index in [0.717, 1.165) is 31.7 Å². The van der Waals surface area contributed by atoms with Crippen LogP contribution in [-0.2, 0) is 22.7 Å². The summed E-state index contributed by atoms with van der Waals surface area (Å²) in [5.74, 6) is 0.627. The molecule has 7 nitrogen and oxygen atoms in total. The van der Waals surface area contributed by atoms with E-state index in [2.05, 4.69) is 5.10 Å². The van der Waals surface area contributed by atoms with E-state index in [-0.39, 0.29) is 23.8 Å². The summed E-state index contributed by atoms with van der Waals surface area (Å²) in [6, 6.07) is 5.72. The Bertz CT molecular complexity index is 726. The largest absolute Gasteiger partial charge is 0.467 e. The second kappa shape index (κ2) is 6.74. The first kappa shape index (κ1) is 15.9. The molecule has 2 aliphatic rings. The Morgan fingerprint density at radius 1 is 1.36 bits per heavy atom. The highest BCUT2D eigenvalue weighted by atomic mass is 16.3. The second-order valence-corrected chi connectivity index (χ2v) is 6.81. The smallest absolute Gasteiger partial charge is 0.228 e.